The van der Waals surface area contributed by atoms with Crippen molar-refractivity contribution >= 4 is 10.1 Å². The van der Waals surface area contributed by atoms with Crippen LogP contribution in [0.1, 0.15) is 26.3 Å². The van der Waals surface area contributed by atoms with E-state index >= 15 is 0 Å². The Hall–Kier alpha value is -1.77. The van der Waals surface area contributed by atoms with Gasteiger partial charge in [-0.3, -0.25) is 14.4 Å². The molecular formula is C22H42N6O5S. The minimum Gasteiger partial charge on any atom is -0.400 e. The van der Waals surface area contributed by atoms with Gasteiger partial charge in [-0.1, -0.05) is 19.1 Å². The summed E-state index contributed by atoms with van der Waals surface area (Å²) in [5.74, 6) is 6.04. The maximum atomic E-state index is 11.1. The molecule has 0 aliphatic carbocycles. The zero-order valence-corrected chi connectivity index (χ0v) is 21.3. The fourth-order valence-corrected chi connectivity index (χ4v) is 3.86. The Balaban J connectivity index is 2.57. The van der Waals surface area contributed by atoms with E-state index in [-0.39, 0.29) is 4.90 Å². The zero-order valence-electron chi connectivity index (χ0n) is 20.5. The van der Waals surface area contributed by atoms with Crippen molar-refractivity contribution in [3.63, 3.8) is 0 Å². The van der Waals surface area contributed by atoms with Gasteiger partial charge in [0.1, 0.15) is 0 Å². The highest BCUT2D eigenvalue weighted by Gasteiger charge is 2.12. The summed E-state index contributed by atoms with van der Waals surface area (Å²) in [6, 6.07) is 5.81. The number of aliphatic hydroxyl groups is 2. The first-order chi connectivity index (χ1) is 15.9. The van der Waals surface area contributed by atoms with Crippen LogP contribution in [0.15, 0.2) is 41.1 Å². The first-order valence-corrected chi connectivity index (χ1v) is 12.9. The number of hydrogen-bond acceptors (Lipinski definition) is 10. The maximum absolute atomic E-state index is 11.1. The maximum Gasteiger partial charge on any atom is 0.294 e. The van der Waals surface area contributed by atoms with Gasteiger partial charge in [0.25, 0.3) is 10.1 Å². The Bertz CT molecular complexity index is 833. The first-order valence-electron chi connectivity index (χ1n) is 11.5. The van der Waals surface area contributed by atoms with Crippen LogP contribution in [0.2, 0.25) is 0 Å². The molecular weight excluding hydrogens is 460 g/mol. The molecule has 0 heterocycles. The first kappa shape index (κ1) is 30.3. The molecule has 34 heavy (non-hydrogen) atoms. The summed E-state index contributed by atoms with van der Waals surface area (Å²) in [4.78, 5) is 4.18. The average molecular weight is 503 g/mol. The van der Waals surface area contributed by atoms with Crippen LogP contribution in [-0.2, 0) is 16.7 Å². The fourth-order valence-electron chi connectivity index (χ4n) is 3.38. The van der Waals surface area contributed by atoms with Crippen molar-refractivity contribution in [2.75, 3.05) is 52.4 Å². The summed E-state index contributed by atoms with van der Waals surface area (Å²) < 4.78 is 31.3. The largest absolute Gasteiger partial charge is 0.400 e. The summed E-state index contributed by atoms with van der Waals surface area (Å²) in [5.41, 5.74) is 7.55. The van der Waals surface area contributed by atoms with E-state index in [9.17, 15) is 18.6 Å². The number of nitrogens with zero attached hydrogens (tertiary/aromatic N) is 3. The standard InChI is InChI=1S/C22H42N6O5S/c1-4-26(11-12-27(14-19(3)30)10-9-25-13-18(2)29)16-21(23)17-28(24)15-20-5-7-22(8-6-20)34(31,32)33/h5-8,17-19,25,29-30H,4,9-16,23-24H2,1-3H3,(H,31,32,33)/b21-17-. The second-order valence-electron chi connectivity index (χ2n) is 8.57. The van der Waals surface area contributed by atoms with Crippen molar-refractivity contribution in [1.29, 1.82) is 0 Å². The third-order valence-electron chi connectivity index (χ3n) is 5.07. The molecule has 11 nitrogen and oxygen atoms in total. The van der Waals surface area contributed by atoms with Crippen LogP contribution in [0, 0.1) is 0 Å². The minimum atomic E-state index is -4.23. The monoisotopic (exact) mass is 502 g/mol. The van der Waals surface area contributed by atoms with Gasteiger partial charge in [-0.25, -0.2) is 5.84 Å². The van der Waals surface area contributed by atoms with E-state index in [1.54, 1.807) is 32.2 Å². The van der Waals surface area contributed by atoms with Crippen LogP contribution in [0.4, 0.5) is 0 Å². The lowest BCUT2D eigenvalue weighted by Gasteiger charge is -2.28. The van der Waals surface area contributed by atoms with Crippen molar-refractivity contribution < 1.29 is 23.2 Å². The quantitative estimate of drug-likeness (QED) is 0.0695. The number of benzene rings is 1. The normalized spacial score (nSPS) is 14.6. The van der Waals surface area contributed by atoms with Gasteiger partial charge in [-0.2, -0.15) is 8.42 Å². The Morgan fingerprint density at radius 2 is 1.71 bits per heavy atom. The number of nitrogens with two attached hydrogens (primary N) is 2. The van der Waals surface area contributed by atoms with Crippen molar-refractivity contribution in [3.05, 3.63) is 41.7 Å². The highest BCUT2D eigenvalue weighted by Crippen LogP contribution is 2.11. The number of hydrazine groups is 1. The second-order valence-corrected chi connectivity index (χ2v) is 9.99. The summed E-state index contributed by atoms with van der Waals surface area (Å²) in [5, 5.41) is 23.8. The molecule has 196 valence electrons. The van der Waals surface area contributed by atoms with Crippen molar-refractivity contribution in [2.45, 2.75) is 44.4 Å². The van der Waals surface area contributed by atoms with Crippen molar-refractivity contribution in [2.24, 2.45) is 11.6 Å². The summed E-state index contributed by atoms with van der Waals surface area (Å²) in [7, 11) is -4.23. The molecule has 1 aromatic carbocycles. The van der Waals surface area contributed by atoms with Crippen LogP contribution < -0.4 is 16.9 Å². The third kappa shape index (κ3) is 13.2. The minimum absolute atomic E-state index is 0.170. The van der Waals surface area contributed by atoms with E-state index in [1.165, 1.54) is 17.1 Å². The summed E-state index contributed by atoms with van der Waals surface area (Å²) >= 11 is 0. The predicted molar refractivity (Wildman–Crippen MR) is 133 cm³/mol. The molecule has 0 amide bonds. The molecule has 0 spiro atoms. The molecule has 0 saturated heterocycles. The molecule has 1 rings (SSSR count). The topological polar surface area (TPSA) is 169 Å². The van der Waals surface area contributed by atoms with E-state index in [4.69, 9.17) is 16.1 Å². The molecule has 0 fully saturated rings. The third-order valence-corrected chi connectivity index (χ3v) is 5.94. The van der Waals surface area contributed by atoms with E-state index < -0.39 is 22.3 Å². The Morgan fingerprint density at radius 3 is 2.24 bits per heavy atom. The molecule has 0 aliphatic rings. The average Bonchev–Trinajstić information content (AvgIpc) is 2.72. The van der Waals surface area contributed by atoms with E-state index in [2.05, 4.69) is 15.1 Å². The van der Waals surface area contributed by atoms with Crippen LogP contribution in [0.3, 0.4) is 0 Å². The van der Waals surface area contributed by atoms with Crippen LogP contribution >= 0.6 is 0 Å². The van der Waals surface area contributed by atoms with E-state index in [0.717, 1.165) is 38.3 Å². The van der Waals surface area contributed by atoms with Crippen LogP contribution in [0.5, 0.6) is 0 Å². The molecule has 0 aliphatic heterocycles. The Kier molecular flexibility index (Phi) is 13.6. The molecule has 0 saturated carbocycles. The van der Waals surface area contributed by atoms with Gasteiger partial charge in [0, 0.05) is 57.7 Å². The van der Waals surface area contributed by atoms with Gasteiger partial charge >= 0.3 is 0 Å². The predicted octanol–water partition coefficient (Wildman–Crippen LogP) is -0.616. The van der Waals surface area contributed by atoms with Gasteiger partial charge in [0.05, 0.1) is 23.6 Å². The molecule has 12 heteroatoms. The number of nitrogens with one attached hydrogen (secondary N) is 1. The fraction of sp³-hybridized carbons (Fsp3) is 0.636. The lowest BCUT2D eigenvalue weighted by Crippen LogP contribution is -2.43. The highest BCUT2D eigenvalue weighted by atomic mass is 32.2. The van der Waals surface area contributed by atoms with E-state index in [0.29, 0.717) is 31.9 Å². The molecule has 1 aromatic rings. The molecule has 8 N–H and O–H groups in total. The van der Waals surface area contributed by atoms with E-state index in [1.807, 2.05) is 6.92 Å². The van der Waals surface area contributed by atoms with Gasteiger partial charge < -0.3 is 26.3 Å². The Labute approximate surface area is 203 Å². The lowest BCUT2D eigenvalue weighted by molar-refractivity contribution is 0.116. The van der Waals surface area contributed by atoms with Gasteiger partial charge in [-0.15, -0.1) is 0 Å². The van der Waals surface area contributed by atoms with Gasteiger partial charge in [0.2, 0.25) is 0 Å². The molecule has 0 radical (unpaired) electrons. The molecule has 2 unspecified atom stereocenters. The molecule has 2 atom stereocenters. The lowest BCUT2D eigenvalue weighted by atomic mass is 10.2. The smallest absolute Gasteiger partial charge is 0.294 e. The van der Waals surface area contributed by atoms with Crippen LogP contribution in [-0.4, -0.2) is 103 Å². The van der Waals surface area contributed by atoms with Crippen LogP contribution in [0.25, 0.3) is 0 Å². The highest BCUT2D eigenvalue weighted by molar-refractivity contribution is 7.85. The Morgan fingerprint density at radius 1 is 1.09 bits per heavy atom. The summed E-state index contributed by atoms with van der Waals surface area (Å²) in [6.45, 7) is 11.3. The number of hydrogen-bond donors (Lipinski definition) is 6. The second kappa shape index (κ2) is 15.3. The SMILES string of the molecule is CCN(CCN(CCNCC(C)O)CC(C)O)C/C(N)=C/N(N)Cc1ccc(S(=O)(=O)O)cc1. The van der Waals surface area contributed by atoms with Gasteiger partial charge in [-0.05, 0) is 38.1 Å². The van der Waals surface area contributed by atoms with Crippen molar-refractivity contribution in [1.82, 2.24) is 20.1 Å². The molecule has 0 aromatic heterocycles. The van der Waals surface area contributed by atoms with Crippen molar-refractivity contribution in [3.8, 4) is 0 Å². The van der Waals surface area contributed by atoms with Gasteiger partial charge in [0.15, 0.2) is 0 Å². The number of likely N-dealkylation sites (N-methyl/N-ethyl adjacent to an activating group) is 1. The molecule has 0 bridgehead atoms. The summed E-state index contributed by atoms with van der Waals surface area (Å²) in [6.07, 6.45) is 0.815. The number of rotatable bonds is 17. The zero-order chi connectivity index (χ0) is 25.7. The number of aliphatic hydroxyl groups excluding tert-OH is 2.